The normalized spacial score (nSPS) is 10.5. The quantitative estimate of drug-likeness (QED) is 0.417. The molecule has 0 fully saturated rings. The molecule has 0 aromatic heterocycles. The summed E-state index contributed by atoms with van der Waals surface area (Å²) in [6.07, 6.45) is 1.36. The van der Waals surface area contributed by atoms with Gasteiger partial charge in [-0.3, -0.25) is 9.59 Å². The molecular formula is C18H21N3O5. The fraction of sp³-hybridized carbons (Fsp3) is 0.333. The summed E-state index contributed by atoms with van der Waals surface area (Å²) in [5.41, 5.74) is 0.376. The second-order valence-corrected chi connectivity index (χ2v) is 5.17. The number of nitriles is 1. The van der Waals surface area contributed by atoms with Gasteiger partial charge in [0.15, 0.2) is 6.61 Å². The zero-order chi connectivity index (χ0) is 19.5. The Kier molecular flexibility index (Phi) is 8.37. The van der Waals surface area contributed by atoms with Crippen LogP contribution in [0.25, 0.3) is 6.08 Å². The average Bonchev–Trinajstić information content (AvgIpc) is 2.65. The fourth-order valence-electron chi connectivity index (χ4n) is 1.83. The van der Waals surface area contributed by atoms with Crippen LogP contribution in [0.3, 0.4) is 0 Å². The van der Waals surface area contributed by atoms with Crippen LogP contribution in [0.4, 0.5) is 0 Å². The van der Waals surface area contributed by atoms with E-state index in [2.05, 4.69) is 5.32 Å². The van der Waals surface area contributed by atoms with E-state index < -0.39 is 18.5 Å². The standard InChI is InChI=1S/C18H21N3O5/c1-4-25-15-7-5-13(6-8-15)9-14(10-19)18(24)26-12-17(23)21(3)11-16(22)20-2/h5-9H,4,11-12H2,1-3H3,(H,20,22)/b14-9+. The number of nitrogens with one attached hydrogen (secondary N) is 1. The van der Waals surface area contributed by atoms with Crippen molar-refractivity contribution in [1.29, 1.82) is 5.26 Å². The number of nitrogens with zero attached hydrogens (tertiary/aromatic N) is 2. The van der Waals surface area contributed by atoms with Crippen molar-refractivity contribution in [3.8, 4) is 11.8 Å². The maximum atomic E-state index is 12.0. The van der Waals surface area contributed by atoms with Crippen molar-refractivity contribution >= 4 is 23.9 Å². The van der Waals surface area contributed by atoms with Gasteiger partial charge in [0.25, 0.3) is 5.91 Å². The summed E-state index contributed by atoms with van der Waals surface area (Å²) in [5, 5.41) is 11.5. The number of esters is 1. The van der Waals surface area contributed by atoms with E-state index in [0.29, 0.717) is 17.9 Å². The van der Waals surface area contributed by atoms with Gasteiger partial charge < -0.3 is 19.7 Å². The van der Waals surface area contributed by atoms with Crippen molar-refractivity contribution < 1.29 is 23.9 Å². The molecule has 8 nitrogen and oxygen atoms in total. The van der Waals surface area contributed by atoms with Gasteiger partial charge in [0, 0.05) is 14.1 Å². The van der Waals surface area contributed by atoms with E-state index >= 15 is 0 Å². The van der Waals surface area contributed by atoms with Crippen molar-refractivity contribution in [2.45, 2.75) is 6.92 Å². The van der Waals surface area contributed by atoms with Gasteiger partial charge in [-0.05, 0) is 30.7 Å². The highest BCUT2D eigenvalue weighted by Crippen LogP contribution is 2.15. The number of carbonyl (C=O) groups excluding carboxylic acids is 3. The van der Waals surface area contributed by atoms with Crippen LogP contribution >= 0.6 is 0 Å². The molecule has 0 heterocycles. The number of rotatable bonds is 8. The third-order valence-electron chi connectivity index (χ3n) is 3.25. The number of carbonyl (C=O) groups is 3. The Morgan fingerprint density at radius 3 is 2.46 bits per heavy atom. The largest absolute Gasteiger partial charge is 0.494 e. The van der Waals surface area contributed by atoms with Crippen LogP contribution < -0.4 is 10.1 Å². The average molecular weight is 359 g/mol. The highest BCUT2D eigenvalue weighted by atomic mass is 16.5. The van der Waals surface area contributed by atoms with Gasteiger partial charge in [-0.15, -0.1) is 0 Å². The molecule has 2 amide bonds. The number of benzene rings is 1. The van der Waals surface area contributed by atoms with E-state index in [1.54, 1.807) is 30.3 Å². The minimum absolute atomic E-state index is 0.153. The van der Waals surface area contributed by atoms with Gasteiger partial charge in [-0.25, -0.2) is 4.79 Å². The maximum Gasteiger partial charge on any atom is 0.349 e. The van der Waals surface area contributed by atoms with E-state index in [9.17, 15) is 14.4 Å². The minimum atomic E-state index is -0.914. The molecule has 0 bridgehead atoms. The smallest absolute Gasteiger partial charge is 0.349 e. The Bertz CT molecular complexity index is 719. The highest BCUT2D eigenvalue weighted by Gasteiger charge is 2.17. The molecule has 0 unspecified atom stereocenters. The summed E-state index contributed by atoms with van der Waals surface area (Å²) in [6, 6.07) is 8.57. The molecule has 0 aliphatic carbocycles. The molecule has 0 spiro atoms. The Morgan fingerprint density at radius 1 is 1.27 bits per heavy atom. The second kappa shape index (κ2) is 10.5. The molecule has 0 saturated heterocycles. The van der Waals surface area contributed by atoms with E-state index in [1.165, 1.54) is 20.2 Å². The van der Waals surface area contributed by atoms with Gasteiger partial charge in [0.05, 0.1) is 13.2 Å². The van der Waals surface area contributed by atoms with Crippen LogP contribution in [0.5, 0.6) is 5.75 Å². The van der Waals surface area contributed by atoms with Gasteiger partial charge >= 0.3 is 5.97 Å². The van der Waals surface area contributed by atoms with Crippen LogP contribution in [0.1, 0.15) is 12.5 Å². The van der Waals surface area contributed by atoms with Crippen LogP contribution in [0, 0.1) is 11.3 Å². The predicted octanol–water partition coefficient (Wildman–Crippen LogP) is 0.740. The van der Waals surface area contributed by atoms with Gasteiger partial charge in [-0.1, -0.05) is 12.1 Å². The molecule has 1 rings (SSSR count). The number of hydrogen-bond donors (Lipinski definition) is 1. The van der Waals surface area contributed by atoms with Crippen LogP contribution in [0.15, 0.2) is 29.8 Å². The lowest BCUT2D eigenvalue weighted by molar-refractivity contribution is -0.148. The van der Waals surface area contributed by atoms with E-state index in [1.807, 2.05) is 6.92 Å². The van der Waals surface area contributed by atoms with Gasteiger partial charge in [-0.2, -0.15) is 5.26 Å². The summed E-state index contributed by atoms with van der Waals surface area (Å²) >= 11 is 0. The molecule has 0 aliphatic rings. The van der Waals surface area contributed by atoms with Crippen LogP contribution in [-0.2, 0) is 19.1 Å². The Morgan fingerprint density at radius 2 is 1.92 bits per heavy atom. The Hall–Kier alpha value is -3.34. The Balaban J connectivity index is 2.67. The number of likely N-dealkylation sites (N-methyl/N-ethyl adjacent to an activating group) is 2. The Labute approximate surface area is 152 Å². The van der Waals surface area contributed by atoms with Crippen molar-refractivity contribution in [3.63, 3.8) is 0 Å². The van der Waals surface area contributed by atoms with Gasteiger partial charge in [0.1, 0.15) is 17.4 Å². The summed E-state index contributed by atoms with van der Waals surface area (Å²) < 4.78 is 10.2. The molecule has 26 heavy (non-hydrogen) atoms. The SMILES string of the molecule is CCOc1ccc(/C=C(\C#N)C(=O)OCC(=O)N(C)CC(=O)NC)cc1. The first-order chi connectivity index (χ1) is 12.4. The number of ether oxygens (including phenoxy) is 2. The monoisotopic (exact) mass is 359 g/mol. The first kappa shape index (κ1) is 20.7. The lowest BCUT2D eigenvalue weighted by atomic mass is 10.1. The lowest BCUT2D eigenvalue weighted by Crippen LogP contribution is -2.39. The molecule has 138 valence electrons. The second-order valence-electron chi connectivity index (χ2n) is 5.17. The lowest BCUT2D eigenvalue weighted by Gasteiger charge is -2.15. The van der Waals surface area contributed by atoms with Crippen LogP contribution in [-0.4, -0.2) is 56.5 Å². The molecule has 1 aromatic carbocycles. The third-order valence-corrected chi connectivity index (χ3v) is 3.25. The number of hydrogen-bond acceptors (Lipinski definition) is 6. The van der Waals surface area contributed by atoms with Crippen molar-refractivity contribution in [1.82, 2.24) is 10.2 Å². The van der Waals surface area contributed by atoms with Gasteiger partial charge in [0.2, 0.25) is 5.91 Å². The van der Waals surface area contributed by atoms with Crippen molar-refractivity contribution in [2.75, 3.05) is 33.9 Å². The number of amides is 2. The molecule has 0 radical (unpaired) electrons. The van der Waals surface area contributed by atoms with E-state index in [4.69, 9.17) is 14.7 Å². The zero-order valence-corrected chi connectivity index (χ0v) is 14.9. The summed E-state index contributed by atoms with van der Waals surface area (Å²) in [4.78, 5) is 36.1. The first-order valence-electron chi connectivity index (χ1n) is 7.87. The van der Waals surface area contributed by atoms with Crippen molar-refractivity contribution in [3.05, 3.63) is 35.4 Å². The molecule has 0 aliphatic heterocycles. The van der Waals surface area contributed by atoms with E-state index in [0.717, 1.165) is 4.90 Å². The molecule has 1 N–H and O–H groups in total. The molecule has 0 atom stereocenters. The fourth-order valence-corrected chi connectivity index (χ4v) is 1.83. The summed E-state index contributed by atoms with van der Waals surface area (Å²) in [5.74, 6) is -1.14. The van der Waals surface area contributed by atoms with E-state index in [-0.39, 0.29) is 18.0 Å². The molecule has 1 aromatic rings. The van der Waals surface area contributed by atoms with Crippen molar-refractivity contribution in [2.24, 2.45) is 0 Å². The predicted molar refractivity (Wildman–Crippen MR) is 93.9 cm³/mol. The highest BCUT2D eigenvalue weighted by molar-refractivity contribution is 5.99. The first-order valence-corrected chi connectivity index (χ1v) is 7.87. The minimum Gasteiger partial charge on any atom is -0.494 e. The zero-order valence-electron chi connectivity index (χ0n) is 14.9. The molecular weight excluding hydrogens is 338 g/mol. The summed E-state index contributed by atoms with van der Waals surface area (Å²) in [7, 11) is 2.86. The molecule has 8 heteroatoms. The summed E-state index contributed by atoms with van der Waals surface area (Å²) in [6.45, 7) is 1.69. The topological polar surface area (TPSA) is 109 Å². The maximum absolute atomic E-state index is 12.0. The molecule has 0 saturated carbocycles. The van der Waals surface area contributed by atoms with Crippen LogP contribution in [0.2, 0.25) is 0 Å². The third kappa shape index (κ3) is 6.65.